The highest BCUT2D eigenvalue weighted by Gasteiger charge is 2.23. The van der Waals surface area contributed by atoms with Crippen molar-refractivity contribution in [3.8, 4) is 5.75 Å². The number of para-hydroxylation sites is 1. The minimum atomic E-state index is -3.65. The Bertz CT molecular complexity index is 900. The van der Waals surface area contributed by atoms with Gasteiger partial charge in [-0.25, -0.2) is 8.42 Å². The fourth-order valence-electron chi connectivity index (χ4n) is 2.53. The van der Waals surface area contributed by atoms with Crippen molar-refractivity contribution in [1.29, 1.82) is 0 Å². The number of ether oxygens (including phenoxy) is 1. The third-order valence-electron chi connectivity index (χ3n) is 3.76. The molecule has 140 valence electrons. The SMILES string of the molecule is CCc1ccccc1N(CC(=O)Nc1cc(Cl)ccc1OC)S(C)(=O)=O. The second-order valence-corrected chi connectivity index (χ2v) is 7.99. The second-order valence-electron chi connectivity index (χ2n) is 5.64. The summed E-state index contributed by atoms with van der Waals surface area (Å²) in [6, 6.07) is 11.9. The predicted molar refractivity (Wildman–Crippen MR) is 105 cm³/mol. The number of aryl methyl sites for hydroxylation is 1. The van der Waals surface area contributed by atoms with E-state index in [9.17, 15) is 13.2 Å². The van der Waals surface area contributed by atoms with Crippen molar-refractivity contribution in [3.05, 3.63) is 53.1 Å². The van der Waals surface area contributed by atoms with Crippen LogP contribution in [-0.4, -0.2) is 34.2 Å². The zero-order valence-electron chi connectivity index (χ0n) is 14.8. The molecule has 2 aromatic carbocycles. The van der Waals surface area contributed by atoms with E-state index >= 15 is 0 Å². The van der Waals surface area contributed by atoms with E-state index in [0.717, 1.165) is 16.1 Å². The number of benzene rings is 2. The molecule has 6 nitrogen and oxygen atoms in total. The molecule has 0 spiro atoms. The lowest BCUT2D eigenvalue weighted by molar-refractivity contribution is -0.114. The first-order valence-electron chi connectivity index (χ1n) is 7.95. The molecule has 26 heavy (non-hydrogen) atoms. The van der Waals surface area contributed by atoms with Crippen LogP contribution in [0.5, 0.6) is 5.75 Å². The fourth-order valence-corrected chi connectivity index (χ4v) is 3.59. The molecule has 0 saturated heterocycles. The van der Waals surface area contributed by atoms with Crippen molar-refractivity contribution in [2.75, 3.05) is 29.5 Å². The molecule has 0 aliphatic carbocycles. The van der Waals surface area contributed by atoms with E-state index in [-0.39, 0.29) is 6.54 Å². The predicted octanol–water partition coefficient (Wildman–Crippen LogP) is 3.32. The maximum Gasteiger partial charge on any atom is 0.245 e. The highest BCUT2D eigenvalue weighted by atomic mass is 35.5. The van der Waals surface area contributed by atoms with E-state index in [2.05, 4.69) is 5.32 Å². The molecule has 0 atom stereocenters. The van der Waals surface area contributed by atoms with Crippen molar-refractivity contribution in [2.45, 2.75) is 13.3 Å². The van der Waals surface area contributed by atoms with Gasteiger partial charge >= 0.3 is 0 Å². The van der Waals surface area contributed by atoms with E-state index in [1.165, 1.54) is 7.11 Å². The van der Waals surface area contributed by atoms with Gasteiger partial charge in [-0.05, 0) is 36.2 Å². The van der Waals surface area contributed by atoms with Gasteiger partial charge in [0.25, 0.3) is 0 Å². The Balaban J connectivity index is 2.30. The summed E-state index contributed by atoms with van der Waals surface area (Å²) in [7, 11) is -2.18. The molecule has 0 bridgehead atoms. The first kappa shape index (κ1) is 20.1. The maximum atomic E-state index is 12.5. The molecule has 0 aliphatic rings. The minimum Gasteiger partial charge on any atom is -0.495 e. The lowest BCUT2D eigenvalue weighted by Crippen LogP contribution is -2.38. The molecule has 0 saturated carbocycles. The van der Waals surface area contributed by atoms with Gasteiger partial charge in [0.15, 0.2) is 0 Å². The van der Waals surface area contributed by atoms with Crippen LogP contribution in [0.1, 0.15) is 12.5 Å². The normalized spacial score (nSPS) is 11.1. The highest BCUT2D eigenvalue weighted by Crippen LogP contribution is 2.28. The maximum absolute atomic E-state index is 12.5. The number of rotatable bonds is 7. The largest absolute Gasteiger partial charge is 0.495 e. The Hall–Kier alpha value is -2.25. The first-order chi connectivity index (χ1) is 12.3. The van der Waals surface area contributed by atoms with Crippen molar-refractivity contribution >= 4 is 38.9 Å². The first-order valence-corrected chi connectivity index (χ1v) is 10.2. The van der Waals surface area contributed by atoms with Gasteiger partial charge < -0.3 is 10.1 Å². The number of halogens is 1. The Morgan fingerprint density at radius 2 is 1.92 bits per heavy atom. The van der Waals surface area contributed by atoms with E-state index in [1.807, 2.05) is 19.1 Å². The van der Waals surface area contributed by atoms with Gasteiger partial charge in [0.05, 0.1) is 24.7 Å². The number of methoxy groups -OCH3 is 1. The second kappa shape index (κ2) is 8.42. The van der Waals surface area contributed by atoms with Crippen molar-refractivity contribution in [1.82, 2.24) is 0 Å². The standard InChI is InChI=1S/C18H21ClN2O4S/c1-4-13-7-5-6-8-16(13)21(26(3,23)24)12-18(22)20-15-11-14(19)9-10-17(15)25-2/h5-11H,4,12H2,1-3H3,(H,20,22). The number of carbonyl (C=O) groups is 1. The smallest absolute Gasteiger partial charge is 0.245 e. The summed E-state index contributed by atoms with van der Waals surface area (Å²) in [5.74, 6) is -0.0653. The van der Waals surface area contributed by atoms with Crippen LogP contribution in [0.15, 0.2) is 42.5 Å². The van der Waals surface area contributed by atoms with E-state index in [1.54, 1.807) is 30.3 Å². The Morgan fingerprint density at radius 1 is 1.23 bits per heavy atom. The van der Waals surface area contributed by atoms with Crippen molar-refractivity contribution in [2.24, 2.45) is 0 Å². The van der Waals surface area contributed by atoms with Gasteiger partial charge in [0.2, 0.25) is 15.9 Å². The van der Waals surface area contributed by atoms with Gasteiger partial charge in [-0.3, -0.25) is 9.10 Å². The van der Waals surface area contributed by atoms with Gasteiger partial charge in [0, 0.05) is 5.02 Å². The van der Waals surface area contributed by atoms with Crippen LogP contribution in [0.25, 0.3) is 0 Å². The quantitative estimate of drug-likeness (QED) is 0.778. The molecule has 0 radical (unpaired) electrons. The molecular formula is C18H21ClN2O4S. The molecule has 0 unspecified atom stereocenters. The van der Waals surface area contributed by atoms with Gasteiger partial charge in [-0.2, -0.15) is 0 Å². The number of sulfonamides is 1. The van der Waals surface area contributed by atoms with E-state index in [0.29, 0.717) is 28.6 Å². The number of carbonyl (C=O) groups excluding carboxylic acids is 1. The van der Waals surface area contributed by atoms with Gasteiger partial charge in [0.1, 0.15) is 12.3 Å². The van der Waals surface area contributed by atoms with Crippen LogP contribution >= 0.6 is 11.6 Å². The molecule has 1 amide bonds. The lowest BCUT2D eigenvalue weighted by Gasteiger charge is -2.24. The number of amides is 1. The summed E-state index contributed by atoms with van der Waals surface area (Å²) in [5.41, 5.74) is 1.71. The minimum absolute atomic E-state index is 0.356. The summed E-state index contributed by atoms with van der Waals surface area (Å²) in [6.07, 6.45) is 1.72. The summed E-state index contributed by atoms with van der Waals surface area (Å²) < 4.78 is 30.8. The summed E-state index contributed by atoms with van der Waals surface area (Å²) >= 11 is 5.96. The Morgan fingerprint density at radius 3 is 2.54 bits per heavy atom. The van der Waals surface area contributed by atoms with E-state index in [4.69, 9.17) is 16.3 Å². The number of nitrogens with one attached hydrogen (secondary N) is 1. The lowest BCUT2D eigenvalue weighted by atomic mass is 10.1. The molecule has 2 aromatic rings. The average molecular weight is 397 g/mol. The summed E-state index contributed by atoms with van der Waals surface area (Å²) in [6.45, 7) is 1.57. The molecule has 0 heterocycles. The summed E-state index contributed by atoms with van der Waals surface area (Å²) in [4.78, 5) is 12.5. The number of nitrogens with zero attached hydrogens (tertiary/aromatic N) is 1. The zero-order chi connectivity index (χ0) is 19.3. The average Bonchev–Trinajstić information content (AvgIpc) is 2.59. The van der Waals surface area contributed by atoms with Crippen LogP contribution < -0.4 is 14.4 Å². The molecule has 0 fully saturated rings. The van der Waals surface area contributed by atoms with Gasteiger partial charge in [-0.1, -0.05) is 36.7 Å². The van der Waals surface area contributed by atoms with Crippen molar-refractivity contribution < 1.29 is 17.9 Å². The Labute approximate surface area is 158 Å². The van der Waals surface area contributed by atoms with Gasteiger partial charge in [-0.15, -0.1) is 0 Å². The molecule has 1 N–H and O–H groups in total. The van der Waals surface area contributed by atoms with E-state index < -0.39 is 15.9 Å². The topological polar surface area (TPSA) is 75.7 Å². The Kier molecular flexibility index (Phi) is 6.50. The molecular weight excluding hydrogens is 376 g/mol. The van der Waals surface area contributed by atoms with Crippen molar-refractivity contribution in [3.63, 3.8) is 0 Å². The van der Waals surface area contributed by atoms with Crippen LogP contribution in [0.2, 0.25) is 5.02 Å². The zero-order valence-corrected chi connectivity index (χ0v) is 16.4. The molecule has 2 rings (SSSR count). The number of anilines is 2. The monoisotopic (exact) mass is 396 g/mol. The molecule has 0 aromatic heterocycles. The van der Waals surface area contributed by atoms with Crippen LogP contribution in [0, 0.1) is 0 Å². The molecule has 8 heteroatoms. The molecule has 0 aliphatic heterocycles. The number of hydrogen-bond acceptors (Lipinski definition) is 4. The van der Waals surface area contributed by atoms with Crippen LogP contribution in [-0.2, 0) is 21.2 Å². The number of hydrogen-bond donors (Lipinski definition) is 1. The summed E-state index contributed by atoms with van der Waals surface area (Å²) in [5, 5.41) is 3.09. The third-order valence-corrected chi connectivity index (χ3v) is 5.13. The highest BCUT2D eigenvalue weighted by molar-refractivity contribution is 7.92. The third kappa shape index (κ3) is 4.89. The fraction of sp³-hybridized carbons (Fsp3) is 0.278. The van der Waals surface area contributed by atoms with Crippen LogP contribution in [0.3, 0.4) is 0 Å². The van der Waals surface area contributed by atoms with Crippen LogP contribution in [0.4, 0.5) is 11.4 Å².